The summed E-state index contributed by atoms with van der Waals surface area (Å²) in [5.41, 5.74) is 1.58. The normalized spacial score (nSPS) is 30.1. The largest absolute Gasteiger partial charge is 0.377 e. The van der Waals surface area contributed by atoms with Crippen molar-refractivity contribution in [3.63, 3.8) is 0 Å². The van der Waals surface area contributed by atoms with Gasteiger partial charge in [0.2, 0.25) is 0 Å². The van der Waals surface area contributed by atoms with E-state index in [1.807, 2.05) is 25.0 Å². The summed E-state index contributed by atoms with van der Waals surface area (Å²) in [5, 5.41) is 8.01. The van der Waals surface area contributed by atoms with Crippen LogP contribution in [-0.2, 0) is 18.3 Å². The van der Waals surface area contributed by atoms with Crippen LogP contribution in [0.2, 0.25) is 0 Å². The molecule has 24 heavy (non-hydrogen) atoms. The highest BCUT2D eigenvalue weighted by Crippen LogP contribution is 2.62. The van der Waals surface area contributed by atoms with Gasteiger partial charge in [-0.3, -0.25) is 9.67 Å². The van der Waals surface area contributed by atoms with Gasteiger partial charge >= 0.3 is 0 Å². The molecule has 134 valence electrons. The van der Waals surface area contributed by atoms with Gasteiger partial charge in [-0.1, -0.05) is 6.42 Å². The molecule has 0 bridgehead atoms. The number of aromatic nitrogens is 2. The van der Waals surface area contributed by atoms with Crippen molar-refractivity contribution in [3.8, 4) is 0 Å². The van der Waals surface area contributed by atoms with Crippen LogP contribution in [0.25, 0.3) is 0 Å². The number of nitrogens with one attached hydrogen (secondary N) is 1. The SMILES string of the molecule is CN=C(NC1C2CCOC2C12CCC2)N(C)Cc1cnn(C)c1.I. The second kappa shape index (κ2) is 6.82. The van der Waals surface area contributed by atoms with Crippen molar-refractivity contribution in [2.24, 2.45) is 23.4 Å². The van der Waals surface area contributed by atoms with Gasteiger partial charge in [0.1, 0.15) is 0 Å². The van der Waals surface area contributed by atoms with E-state index in [1.165, 1.54) is 31.2 Å². The molecule has 1 aliphatic heterocycles. The molecule has 3 unspecified atom stereocenters. The molecule has 3 fully saturated rings. The predicted octanol–water partition coefficient (Wildman–Crippen LogP) is 2.00. The molecule has 0 aromatic carbocycles. The average Bonchev–Trinajstić information content (AvgIpc) is 3.06. The lowest BCUT2D eigenvalue weighted by atomic mass is 9.46. The Balaban J connectivity index is 0.00000169. The van der Waals surface area contributed by atoms with E-state index in [2.05, 4.69) is 33.6 Å². The minimum atomic E-state index is 0. The molecule has 0 amide bonds. The third-order valence-electron chi connectivity index (χ3n) is 6.07. The molecule has 4 rings (SSSR count). The zero-order valence-electron chi connectivity index (χ0n) is 14.7. The monoisotopic (exact) mass is 445 g/mol. The van der Waals surface area contributed by atoms with Crippen LogP contribution >= 0.6 is 24.0 Å². The summed E-state index contributed by atoms with van der Waals surface area (Å²) in [6.45, 7) is 1.75. The number of nitrogens with zero attached hydrogens (tertiary/aromatic N) is 4. The molecular formula is C17H28IN5O. The van der Waals surface area contributed by atoms with Gasteiger partial charge in [-0.25, -0.2) is 0 Å². The second-order valence-corrected chi connectivity index (χ2v) is 7.38. The standard InChI is InChI=1S/C17H27N5O.HI/c1-18-16(21(2)10-12-9-19-22(3)11-12)20-14-13-5-8-23-15(13)17(14)6-4-7-17;/h9,11,13-15H,4-8,10H2,1-3H3,(H,18,20);1H. The molecule has 6 nitrogen and oxygen atoms in total. The van der Waals surface area contributed by atoms with Gasteiger partial charge < -0.3 is 15.0 Å². The van der Waals surface area contributed by atoms with E-state index in [9.17, 15) is 0 Å². The van der Waals surface area contributed by atoms with Crippen LogP contribution in [0.15, 0.2) is 17.4 Å². The number of aryl methyl sites for hydroxylation is 1. The van der Waals surface area contributed by atoms with Gasteiger partial charge in [0, 0.05) is 63.4 Å². The Morgan fingerprint density at radius 1 is 1.54 bits per heavy atom. The van der Waals surface area contributed by atoms with E-state index < -0.39 is 0 Å². The number of halogens is 1. The summed E-state index contributed by atoms with van der Waals surface area (Å²) < 4.78 is 7.85. The smallest absolute Gasteiger partial charge is 0.193 e. The number of ether oxygens (including phenoxy) is 1. The van der Waals surface area contributed by atoms with Crippen LogP contribution < -0.4 is 5.32 Å². The number of fused-ring (bicyclic) bond motifs is 2. The third kappa shape index (κ3) is 2.73. The Bertz CT molecular complexity index is 612. The van der Waals surface area contributed by atoms with Crippen LogP contribution in [0.4, 0.5) is 0 Å². The fraction of sp³-hybridized carbons (Fsp3) is 0.765. The van der Waals surface area contributed by atoms with Crippen LogP contribution in [0.5, 0.6) is 0 Å². The number of rotatable bonds is 3. The maximum atomic E-state index is 6.01. The van der Waals surface area contributed by atoms with Crippen molar-refractivity contribution in [2.75, 3.05) is 20.7 Å². The lowest BCUT2D eigenvalue weighted by molar-refractivity contribution is -0.171. The first-order chi connectivity index (χ1) is 11.1. The maximum absolute atomic E-state index is 6.01. The minimum Gasteiger partial charge on any atom is -0.377 e. The summed E-state index contributed by atoms with van der Waals surface area (Å²) in [7, 11) is 5.92. The fourth-order valence-electron chi connectivity index (χ4n) is 4.84. The number of hydrogen-bond donors (Lipinski definition) is 1. The number of guanidine groups is 1. The summed E-state index contributed by atoms with van der Waals surface area (Å²) in [6.07, 6.45) is 9.60. The van der Waals surface area contributed by atoms with Crippen molar-refractivity contribution < 1.29 is 4.74 Å². The van der Waals surface area contributed by atoms with Crippen LogP contribution in [0.1, 0.15) is 31.2 Å². The Hall–Kier alpha value is -0.830. The third-order valence-corrected chi connectivity index (χ3v) is 6.07. The van der Waals surface area contributed by atoms with Crippen LogP contribution in [0, 0.1) is 11.3 Å². The first-order valence-electron chi connectivity index (χ1n) is 8.67. The second-order valence-electron chi connectivity index (χ2n) is 7.38. The average molecular weight is 445 g/mol. The molecular weight excluding hydrogens is 417 g/mol. The van der Waals surface area contributed by atoms with E-state index in [1.54, 1.807) is 0 Å². The highest BCUT2D eigenvalue weighted by molar-refractivity contribution is 14.0. The zero-order chi connectivity index (χ0) is 16.0. The molecule has 7 heteroatoms. The van der Waals surface area contributed by atoms with Crippen LogP contribution in [0.3, 0.4) is 0 Å². The molecule has 2 aliphatic carbocycles. The maximum Gasteiger partial charge on any atom is 0.193 e. The molecule has 1 spiro atoms. The lowest BCUT2D eigenvalue weighted by Crippen LogP contribution is -2.72. The zero-order valence-corrected chi connectivity index (χ0v) is 17.1. The topological polar surface area (TPSA) is 54.7 Å². The van der Waals surface area contributed by atoms with Crippen molar-refractivity contribution >= 4 is 29.9 Å². The minimum absolute atomic E-state index is 0. The van der Waals surface area contributed by atoms with E-state index >= 15 is 0 Å². The van der Waals surface area contributed by atoms with Gasteiger partial charge in [0.15, 0.2) is 5.96 Å². The summed E-state index contributed by atoms with van der Waals surface area (Å²) in [4.78, 5) is 6.70. The van der Waals surface area contributed by atoms with E-state index in [4.69, 9.17) is 4.74 Å². The molecule has 1 aromatic heterocycles. The highest BCUT2D eigenvalue weighted by Gasteiger charge is 2.66. The summed E-state index contributed by atoms with van der Waals surface area (Å²) in [6, 6.07) is 0.527. The quantitative estimate of drug-likeness (QED) is 0.440. The Morgan fingerprint density at radius 2 is 2.33 bits per heavy atom. The number of aliphatic imine (C=N–C) groups is 1. The molecule has 3 aliphatic rings. The molecule has 1 aromatic rings. The van der Waals surface area contributed by atoms with E-state index in [0.29, 0.717) is 23.5 Å². The Kier molecular flexibility index (Phi) is 5.11. The Morgan fingerprint density at radius 3 is 2.92 bits per heavy atom. The number of hydrogen-bond acceptors (Lipinski definition) is 3. The molecule has 2 heterocycles. The van der Waals surface area contributed by atoms with E-state index in [-0.39, 0.29) is 24.0 Å². The van der Waals surface area contributed by atoms with Gasteiger partial charge in [-0.05, 0) is 19.3 Å². The molecule has 2 saturated carbocycles. The molecule has 1 saturated heterocycles. The Labute approximate surface area is 161 Å². The summed E-state index contributed by atoms with van der Waals surface area (Å²) >= 11 is 0. The van der Waals surface area contributed by atoms with Crippen molar-refractivity contribution in [3.05, 3.63) is 18.0 Å². The van der Waals surface area contributed by atoms with E-state index in [0.717, 1.165) is 19.1 Å². The van der Waals surface area contributed by atoms with Crippen molar-refractivity contribution in [2.45, 2.75) is 44.4 Å². The van der Waals surface area contributed by atoms with Gasteiger partial charge in [0.05, 0.1) is 12.3 Å². The fourth-order valence-corrected chi connectivity index (χ4v) is 4.84. The van der Waals surface area contributed by atoms with Gasteiger partial charge in [0.25, 0.3) is 0 Å². The van der Waals surface area contributed by atoms with Gasteiger partial charge in [-0.15, -0.1) is 24.0 Å². The first kappa shape index (κ1) is 18.0. The van der Waals surface area contributed by atoms with Crippen LogP contribution in [-0.4, -0.2) is 53.5 Å². The molecule has 0 radical (unpaired) electrons. The molecule has 1 N–H and O–H groups in total. The first-order valence-corrected chi connectivity index (χ1v) is 8.67. The van der Waals surface area contributed by atoms with Crippen molar-refractivity contribution in [1.82, 2.24) is 20.0 Å². The van der Waals surface area contributed by atoms with Gasteiger partial charge in [-0.2, -0.15) is 5.10 Å². The lowest BCUT2D eigenvalue weighted by Gasteiger charge is -2.63. The van der Waals surface area contributed by atoms with Crippen molar-refractivity contribution in [1.29, 1.82) is 0 Å². The predicted molar refractivity (Wildman–Crippen MR) is 105 cm³/mol. The summed E-state index contributed by atoms with van der Waals surface area (Å²) in [5.74, 6) is 1.65. The molecule has 3 atom stereocenters. The highest BCUT2D eigenvalue weighted by atomic mass is 127.